The smallest absolute Gasteiger partial charge is 0.255 e. The molecule has 2 rings (SSSR count). The minimum atomic E-state index is -0.511. The lowest BCUT2D eigenvalue weighted by atomic mass is 10.2. The van der Waals surface area contributed by atoms with E-state index in [1.807, 2.05) is 6.92 Å². The maximum atomic E-state index is 12.1. The molecule has 0 saturated heterocycles. The normalized spacial score (nSPS) is 9.95. The van der Waals surface area contributed by atoms with Gasteiger partial charge in [-0.05, 0) is 37.3 Å². The highest BCUT2D eigenvalue weighted by Crippen LogP contribution is 2.13. The molecule has 0 aliphatic carbocycles. The number of carbonyl (C=O) groups is 2. The molecule has 0 fully saturated rings. The first-order chi connectivity index (χ1) is 10.1. The number of ether oxygens (including phenoxy) is 1. The maximum absolute atomic E-state index is 12.1. The van der Waals surface area contributed by atoms with Crippen LogP contribution in [0.25, 0.3) is 0 Å². The van der Waals surface area contributed by atoms with E-state index >= 15 is 0 Å². The molecule has 0 atom stereocenters. The molecule has 6 heteroatoms. The van der Waals surface area contributed by atoms with Gasteiger partial charge in [0.2, 0.25) is 11.8 Å². The van der Waals surface area contributed by atoms with Crippen LogP contribution in [-0.4, -0.2) is 23.4 Å². The Morgan fingerprint density at radius 2 is 1.90 bits per heavy atom. The quantitative estimate of drug-likeness (QED) is 0.876. The fraction of sp³-hybridized carbons (Fsp3) is 0.133. The van der Waals surface area contributed by atoms with Gasteiger partial charge in [-0.25, -0.2) is 4.98 Å². The summed E-state index contributed by atoms with van der Waals surface area (Å²) in [5, 5.41) is 2.72. The predicted molar refractivity (Wildman–Crippen MR) is 78.3 cm³/mol. The van der Waals surface area contributed by atoms with Crippen LogP contribution in [-0.2, 0) is 0 Å². The first-order valence-corrected chi connectivity index (χ1v) is 6.40. The molecule has 1 aromatic heterocycles. The van der Waals surface area contributed by atoms with Gasteiger partial charge in [-0.3, -0.25) is 9.59 Å². The van der Waals surface area contributed by atoms with Crippen LogP contribution in [0, 0.1) is 0 Å². The fourth-order valence-corrected chi connectivity index (χ4v) is 1.70. The lowest BCUT2D eigenvalue weighted by molar-refractivity contribution is 0.0998. The van der Waals surface area contributed by atoms with Crippen molar-refractivity contribution in [2.24, 2.45) is 5.73 Å². The summed E-state index contributed by atoms with van der Waals surface area (Å²) < 4.78 is 5.25. The highest BCUT2D eigenvalue weighted by molar-refractivity contribution is 6.04. The van der Waals surface area contributed by atoms with Crippen LogP contribution in [0.1, 0.15) is 27.6 Å². The number of rotatable bonds is 5. The number of anilines is 1. The maximum Gasteiger partial charge on any atom is 0.255 e. The van der Waals surface area contributed by atoms with E-state index in [0.717, 1.165) is 0 Å². The van der Waals surface area contributed by atoms with Gasteiger partial charge in [-0.15, -0.1) is 0 Å². The average molecular weight is 285 g/mol. The van der Waals surface area contributed by atoms with E-state index in [1.165, 1.54) is 6.20 Å². The number of carbonyl (C=O) groups excluding carboxylic acids is 2. The van der Waals surface area contributed by atoms with E-state index < -0.39 is 5.91 Å². The van der Waals surface area contributed by atoms with Crippen molar-refractivity contribution in [1.29, 1.82) is 0 Å². The molecule has 21 heavy (non-hydrogen) atoms. The molecule has 1 heterocycles. The van der Waals surface area contributed by atoms with Crippen LogP contribution < -0.4 is 15.8 Å². The summed E-state index contributed by atoms with van der Waals surface area (Å²) in [5.74, 6) is -0.400. The summed E-state index contributed by atoms with van der Waals surface area (Å²) in [5.41, 5.74) is 6.55. The molecule has 3 N–H and O–H groups in total. The zero-order valence-electron chi connectivity index (χ0n) is 11.5. The number of primary amides is 1. The minimum absolute atomic E-state index is 0.287. The molecule has 0 aliphatic heterocycles. The van der Waals surface area contributed by atoms with Crippen LogP contribution in [0.5, 0.6) is 5.88 Å². The second kappa shape index (κ2) is 6.51. The second-order valence-corrected chi connectivity index (χ2v) is 4.21. The molecule has 108 valence electrons. The molecule has 0 saturated carbocycles. The van der Waals surface area contributed by atoms with Crippen molar-refractivity contribution >= 4 is 17.5 Å². The zero-order valence-corrected chi connectivity index (χ0v) is 11.5. The first kappa shape index (κ1) is 14.5. The highest BCUT2D eigenvalue weighted by atomic mass is 16.5. The number of amides is 2. The molecule has 1 aromatic carbocycles. The van der Waals surface area contributed by atoms with Gasteiger partial charge < -0.3 is 15.8 Å². The Morgan fingerprint density at radius 1 is 1.19 bits per heavy atom. The third kappa shape index (κ3) is 3.79. The van der Waals surface area contributed by atoms with Gasteiger partial charge >= 0.3 is 0 Å². The number of aromatic nitrogens is 1. The van der Waals surface area contributed by atoms with Gasteiger partial charge in [-0.1, -0.05) is 0 Å². The topological polar surface area (TPSA) is 94.3 Å². The fourth-order valence-electron chi connectivity index (χ4n) is 1.70. The van der Waals surface area contributed by atoms with Gasteiger partial charge in [0.25, 0.3) is 5.91 Å². The SMILES string of the molecule is CCOc1cc(C(=O)Nc2ccc(C(N)=O)cc2)ccn1. The van der Waals surface area contributed by atoms with Gasteiger partial charge in [0.05, 0.1) is 6.61 Å². The standard InChI is InChI=1S/C15H15N3O3/c1-2-21-13-9-11(7-8-17-13)15(20)18-12-5-3-10(4-6-12)14(16)19/h3-9H,2H2,1H3,(H2,16,19)(H,18,20). The van der Waals surface area contributed by atoms with Gasteiger partial charge in [0, 0.05) is 29.1 Å². The summed E-state index contributed by atoms with van der Waals surface area (Å²) in [6.45, 7) is 2.32. The van der Waals surface area contributed by atoms with E-state index in [0.29, 0.717) is 29.3 Å². The third-order valence-electron chi connectivity index (χ3n) is 2.72. The van der Waals surface area contributed by atoms with Crippen molar-refractivity contribution in [3.05, 3.63) is 53.7 Å². The van der Waals surface area contributed by atoms with Crippen molar-refractivity contribution in [1.82, 2.24) is 4.98 Å². The van der Waals surface area contributed by atoms with Crippen molar-refractivity contribution in [2.45, 2.75) is 6.92 Å². The Balaban J connectivity index is 2.10. The number of pyridine rings is 1. The Morgan fingerprint density at radius 3 is 2.52 bits per heavy atom. The highest BCUT2D eigenvalue weighted by Gasteiger charge is 2.08. The predicted octanol–water partition coefficient (Wildman–Crippen LogP) is 1.83. The number of hydrogen-bond donors (Lipinski definition) is 2. The first-order valence-electron chi connectivity index (χ1n) is 6.40. The summed E-state index contributed by atoms with van der Waals surface area (Å²) in [7, 11) is 0. The molecular weight excluding hydrogens is 270 g/mol. The summed E-state index contributed by atoms with van der Waals surface area (Å²) in [4.78, 5) is 27.1. The number of nitrogens with one attached hydrogen (secondary N) is 1. The molecule has 0 radical (unpaired) electrons. The Kier molecular flexibility index (Phi) is 4.50. The van der Waals surface area contributed by atoms with Crippen molar-refractivity contribution in [3.8, 4) is 5.88 Å². The van der Waals surface area contributed by atoms with Crippen LogP contribution in [0.2, 0.25) is 0 Å². The Hall–Kier alpha value is -2.89. The number of hydrogen-bond acceptors (Lipinski definition) is 4. The molecule has 2 aromatic rings. The minimum Gasteiger partial charge on any atom is -0.478 e. The number of benzene rings is 1. The van der Waals surface area contributed by atoms with Crippen molar-refractivity contribution in [2.75, 3.05) is 11.9 Å². The lowest BCUT2D eigenvalue weighted by Gasteiger charge is -2.07. The van der Waals surface area contributed by atoms with Crippen molar-refractivity contribution < 1.29 is 14.3 Å². The van der Waals surface area contributed by atoms with E-state index in [9.17, 15) is 9.59 Å². The Labute approximate surface area is 121 Å². The van der Waals surface area contributed by atoms with Gasteiger partial charge in [0.15, 0.2) is 0 Å². The molecule has 6 nitrogen and oxygen atoms in total. The van der Waals surface area contributed by atoms with Crippen molar-refractivity contribution in [3.63, 3.8) is 0 Å². The van der Waals surface area contributed by atoms with Crippen LogP contribution in [0.3, 0.4) is 0 Å². The number of nitrogens with zero attached hydrogens (tertiary/aromatic N) is 1. The zero-order chi connectivity index (χ0) is 15.2. The van der Waals surface area contributed by atoms with E-state index in [2.05, 4.69) is 10.3 Å². The number of nitrogens with two attached hydrogens (primary N) is 1. The molecule has 0 spiro atoms. The molecule has 0 unspecified atom stereocenters. The van der Waals surface area contributed by atoms with Crippen LogP contribution in [0.4, 0.5) is 5.69 Å². The summed E-state index contributed by atoms with van der Waals surface area (Å²) in [6, 6.07) is 9.49. The van der Waals surface area contributed by atoms with E-state index in [4.69, 9.17) is 10.5 Å². The summed E-state index contributed by atoms with van der Waals surface area (Å²) >= 11 is 0. The van der Waals surface area contributed by atoms with Gasteiger partial charge in [0.1, 0.15) is 0 Å². The monoisotopic (exact) mass is 285 g/mol. The second-order valence-electron chi connectivity index (χ2n) is 4.21. The average Bonchev–Trinajstić information content (AvgIpc) is 2.48. The lowest BCUT2D eigenvalue weighted by Crippen LogP contribution is -2.13. The molecular formula is C15H15N3O3. The molecule has 0 bridgehead atoms. The van der Waals surface area contributed by atoms with Gasteiger partial charge in [-0.2, -0.15) is 0 Å². The van der Waals surface area contributed by atoms with Crippen LogP contribution in [0.15, 0.2) is 42.6 Å². The Bertz CT molecular complexity index is 653. The molecule has 2 amide bonds. The van der Waals surface area contributed by atoms with E-state index in [-0.39, 0.29) is 5.91 Å². The van der Waals surface area contributed by atoms with Crippen LogP contribution >= 0.6 is 0 Å². The summed E-state index contributed by atoms with van der Waals surface area (Å²) in [6.07, 6.45) is 1.51. The van der Waals surface area contributed by atoms with E-state index in [1.54, 1.807) is 36.4 Å². The third-order valence-corrected chi connectivity index (χ3v) is 2.72. The largest absolute Gasteiger partial charge is 0.478 e. The molecule has 0 aliphatic rings.